The molecule has 0 aliphatic heterocycles. The predicted molar refractivity (Wildman–Crippen MR) is 55.2 cm³/mol. The number of carbonyl (C=O) groups is 1. The van der Waals surface area contributed by atoms with Crippen LogP contribution in [0.15, 0.2) is 0 Å². The summed E-state index contributed by atoms with van der Waals surface area (Å²) in [4.78, 5) is 7.24. The highest BCUT2D eigenvalue weighted by atomic mass is 79.9. The molecule has 0 aromatic heterocycles. The molecule has 0 aliphatic rings. The van der Waals surface area contributed by atoms with E-state index < -0.39 is 16.4 Å². The fourth-order valence-electron chi connectivity index (χ4n) is 1.00. The van der Waals surface area contributed by atoms with Crippen LogP contribution in [0, 0.1) is 0 Å². The van der Waals surface area contributed by atoms with Crippen LogP contribution in [0.4, 0.5) is 8.78 Å². The molecule has 15 heavy (non-hydrogen) atoms. The van der Waals surface area contributed by atoms with Gasteiger partial charge in [-0.15, -0.1) is 0 Å². The molecule has 0 unspecified atom stereocenters. The Morgan fingerprint density at radius 3 is 2.33 bits per heavy atom. The molecule has 0 amide bonds. The number of alkyl halides is 3. The molecule has 6 heteroatoms. The summed E-state index contributed by atoms with van der Waals surface area (Å²) in [5, 5.41) is 0. The second kappa shape index (κ2) is 5.75. The zero-order valence-electron chi connectivity index (χ0n) is 8.98. The minimum absolute atomic E-state index is 0.468. The van der Waals surface area contributed by atoms with Crippen molar-refractivity contribution >= 4 is 21.9 Å². The lowest BCUT2D eigenvalue weighted by Gasteiger charge is -2.26. The van der Waals surface area contributed by atoms with E-state index in [1.54, 1.807) is 21.0 Å². The van der Waals surface area contributed by atoms with Gasteiger partial charge in [0, 0.05) is 29.6 Å². The minimum atomic E-state index is -3.62. The third kappa shape index (κ3) is 6.78. The second-order valence-corrected chi connectivity index (χ2v) is 4.74. The Morgan fingerprint density at radius 1 is 1.40 bits per heavy atom. The maximum absolute atomic E-state index is 12.5. The van der Waals surface area contributed by atoms with Gasteiger partial charge in [0.15, 0.2) is 0 Å². The van der Waals surface area contributed by atoms with Gasteiger partial charge >= 0.3 is 10.8 Å². The van der Waals surface area contributed by atoms with Crippen molar-refractivity contribution in [3.8, 4) is 0 Å². The van der Waals surface area contributed by atoms with Crippen LogP contribution in [-0.2, 0) is 14.3 Å². The SMILES string of the molecule is COCCCC(C)(C)OC(=O)C(F)(F)Br. The van der Waals surface area contributed by atoms with Crippen LogP contribution >= 0.6 is 15.9 Å². The molecule has 90 valence electrons. The Balaban J connectivity index is 4.08. The third-order valence-corrected chi connectivity index (χ3v) is 2.05. The van der Waals surface area contributed by atoms with Crippen molar-refractivity contribution < 1.29 is 23.0 Å². The summed E-state index contributed by atoms with van der Waals surface area (Å²) in [7, 11) is 1.55. The smallest absolute Gasteiger partial charge is 0.396 e. The van der Waals surface area contributed by atoms with Crippen molar-refractivity contribution in [2.75, 3.05) is 13.7 Å². The van der Waals surface area contributed by atoms with Crippen LogP contribution in [0.2, 0.25) is 0 Å². The van der Waals surface area contributed by atoms with Gasteiger partial charge in [-0.3, -0.25) is 0 Å². The first-order chi connectivity index (χ1) is 6.69. The number of halogens is 3. The van der Waals surface area contributed by atoms with Crippen molar-refractivity contribution in [2.45, 2.75) is 37.1 Å². The summed E-state index contributed by atoms with van der Waals surface area (Å²) in [5.74, 6) is -1.56. The van der Waals surface area contributed by atoms with Gasteiger partial charge in [0.1, 0.15) is 5.60 Å². The molecule has 0 fully saturated rings. The number of esters is 1. The van der Waals surface area contributed by atoms with Crippen LogP contribution in [0.25, 0.3) is 0 Å². The van der Waals surface area contributed by atoms with E-state index in [1.807, 2.05) is 15.9 Å². The van der Waals surface area contributed by atoms with Crippen molar-refractivity contribution in [1.29, 1.82) is 0 Å². The molecule has 0 atom stereocenters. The van der Waals surface area contributed by atoms with Gasteiger partial charge in [-0.25, -0.2) is 4.79 Å². The van der Waals surface area contributed by atoms with Crippen LogP contribution < -0.4 is 0 Å². The van der Waals surface area contributed by atoms with Gasteiger partial charge in [0.2, 0.25) is 0 Å². The van der Waals surface area contributed by atoms with Crippen molar-refractivity contribution in [3.05, 3.63) is 0 Å². The van der Waals surface area contributed by atoms with E-state index in [-0.39, 0.29) is 0 Å². The lowest BCUT2D eigenvalue weighted by molar-refractivity contribution is -0.173. The standard InChI is InChI=1S/C9H15BrF2O3/c1-8(2,5-4-6-14-3)15-7(13)9(10,11)12/h4-6H2,1-3H3. The Kier molecular flexibility index (Phi) is 5.66. The largest absolute Gasteiger partial charge is 0.455 e. The molecular formula is C9H15BrF2O3. The van der Waals surface area contributed by atoms with Gasteiger partial charge in [-0.2, -0.15) is 8.78 Å². The average Bonchev–Trinajstić information content (AvgIpc) is 2.01. The molecule has 0 radical (unpaired) electrons. The lowest BCUT2D eigenvalue weighted by atomic mass is 10.0. The van der Waals surface area contributed by atoms with Gasteiger partial charge in [-0.05, 0) is 26.7 Å². The molecule has 0 bridgehead atoms. The van der Waals surface area contributed by atoms with Crippen molar-refractivity contribution in [2.24, 2.45) is 0 Å². The van der Waals surface area contributed by atoms with E-state index in [0.29, 0.717) is 19.4 Å². The molecule has 0 spiro atoms. The van der Waals surface area contributed by atoms with E-state index in [0.717, 1.165) is 0 Å². The lowest BCUT2D eigenvalue weighted by Crippen LogP contribution is -2.35. The first kappa shape index (κ1) is 14.8. The molecule has 0 heterocycles. The third-order valence-electron chi connectivity index (χ3n) is 1.73. The molecule has 0 aromatic carbocycles. The Hall–Kier alpha value is -0.230. The Labute approximate surface area is 96.2 Å². The molecule has 0 N–H and O–H groups in total. The monoisotopic (exact) mass is 288 g/mol. The molecule has 3 nitrogen and oxygen atoms in total. The highest BCUT2D eigenvalue weighted by Gasteiger charge is 2.40. The number of rotatable bonds is 6. The van der Waals surface area contributed by atoms with Gasteiger partial charge < -0.3 is 9.47 Å². The van der Waals surface area contributed by atoms with Gasteiger partial charge in [0.05, 0.1) is 0 Å². The second-order valence-electron chi connectivity index (χ2n) is 3.74. The van der Waals surface area contributed by atoms with E-state index in [9.17, 15) is 13.6 Å². The molecule has 0 saturated heterocycles. The van der Waals surface area contributed by atoms with Crippen LogP contribution in [0.5, 0.6) is 0 Å². The molecule has 0 aromatic rings. The summed E-state index contributed by atoms with van der Waals surface area (Å²) in [6.07, 6.45) is 1.11. The zero-order chi connectivity index (χ0) is 12.1. The summed E-state index contributed by atoms with van der Waals surface area (Å²) in [6, 6.07) is 0. The maximum atomic E-state index is 12.5. The van der Waals surface area contributed by atoms with E-state index >= 15 is 0 Å². The minimum Gasteiger partial charge on any atom is -0.455 e. The predicted octanol–water partition coefficient (Wildman–Crippen LogP) is 2.72. The number of hydrogen-bond acceptors (Lipinski definition) is 3. The highest BCUT2D eigenvalue weighted by molar-refractivity contribution is 9.10. The topological polar surface area (TPSA) is 35.5 Å². The Morgan fingerprint density at radius 2 is 1.93 bits per heavy atom. The fourth-order valence-corrected chi connectivity index (χ4v) is 1.08. The van der Waals surface area contributed by atoms with Gasteiger partial charge in [0.25, 0.3) is 0 Å². The summed E-state index contributed by atoms with van der Waals surface area (Å²) in [6.45, 7) is 3.67. The first-order valence-electron chi connectivity index (χ1n) is 4.48. The van der Waals surface area contributed by atoms with E-state index in [1.165, 1.54) is 0 Å². The van der Waals surface area contributed by atoms with E-state index in [4.69, 9.17) is 4.74 Å². The fraction of sp³-hybridized carbons (Fsp3) is 0.889. The molecular weight excluding hydrogens is 274 g/mol. The molecule has 0 saturated carbocycles. The number of hydrogen-bond donors (Lipinski definition) is 0. The number of carbonyl (C=O) groups excluding carboxylic acids is 1. The molecule has 0 aliphatic carbocycles. The van der Waals surface area contributed by atoms with Crippen LogP contribution in [0.3, 0.4) is 0 Å². The van der Waals surface area contributed by atoms with E-state index in [2.05, 4.69) is 4.74 Å². The van der Waals surface area contributed by atoms with Crippen LogP contribution in [0.1, 0.15) is 26.7 Å². The maximum Gasteiger partial charge on any atom is 0.396 e. The normalized spacial score (nSPS) is 12.7. The average molecular weight is 289 g/mol. The summed E-state index contributed by atoms with van der Waals surface area (Å²) in [5.41, 5.74) is -0.910. The first-order valence-corrected chi connectivity index (χ1v) is 5.27. The zero-order valence-corrected chi connectivity index (χ0v) is 10.6. The van der Waals surface area contributed by atoms with Crippen molar-refractivity contribution in [1.82, 2.24) is 0 Å². The Bertz CT molecular complexity index is 214. The van der Waals surface area contributed by atoms with Gasteiger partial charge in [-0.1, -0.05) is 0 Å². The molecule has 0 rings (SSSR count). The summed E-state index contributed by atoms with van der Waals surface area (Å²) >= 11 is 1.95. The highest BCUT2D eigenvalue weighted by Crippen LogP contribution is 2.27. The number of ether oxygens (including phenoxy) is 2. The quantitative estimate of drug-likeness (QED) is 0.428. The summed E-state index contributed by atoms with van der Waals surface area (Å²) < 4.78 is 34.4. The van der Waals surface area contributed by atoms with Crippen LogP contribution in [-0.4, -0.2) is 30.1 Å². The van der Waals surface area contributed by atoms with Crippen molar-refractivity contribution in [3.63, 3.8) is 0 Å². The number of methoxy groups -OCH3 is 1.